The molecule has 0 bridgehead atoms. The summed E-state index contributed by atoms with van der Waals surface area (Å²) < 4.78 is 36.1. The average Bonchev–Trinajstić information content (AvgIpc) is 3.21. The number of rotatable bonds is 8. The van der Waals surface area contributed by atoms with Gasteiger partial charge in [-0.25, -0.2) is 8.42 Å². The third kappa shape index (κ3) is 5.40. The lowest BCUT2D eigenvalue weighted by molar-refractivity contribution is -0.122. The summed E-state index contributed by atoms with van der Waals surface area (Å²) in [6.07, 6.45) is 1.05. The van der Waals surface area contributed by atoms with E-state index in [-0.39, 0.29) is 12.4 Å². The molecule has 10 heteroatoms. The van der Waals surface area contributed by atoms with Crippen LogP contribution in [0.4, 0.5) is 5.69 Å². The van der Waals surface area contributed by atoms with Crippen molar-refractivity contribution in [1.82, 2.24) is 15.5 Å². The molecule has 3 rings (SSSR count). The molecule has 1 unspecified atom stereocenters. The molecule has 9 nitrogen and oxygen atoms in total. The highest BCUT2D eigenvalue weighted by molar-refractivity contribution is 7.92. The van der Waals surface area contributed by atoms with Gasteiger partial charge in [-0.2, -0.15) is 4.98 Å². The van der Waals surface area contributed by atoms with Gasteiger partial charge in [0.15, 0.2) is 0 Å². The Morgan fingerprint density at radius 1 is 1.16 bits per heavy atom. The molecule has 31 heavy (non-hydrogen) atoms. The van der Waals surface area contributed by atoms with Gasteiger partial charge in [-0.05, 0) is 38.1 Å². The normalized spacial score (nSPS) is 12.3. The van der Waals surface area contributed by atoms with Crippen LogP contribution in [0.3, 0.4) is 0 Å². The van der Waals surface area contributed by atoms with Crippen molar-refractivity contribution in [2.75, 3.05) is 17.7 Å². The molecule has 0 aliphatic heterocycles. The summed E-state index contributed by atoms with van der Waals surface area (Å²) in [5, 5.41) is 6.57. The Kier molecular flexibility index (Phi) is 6.59. The molecule has 1 aromatic heterocycles. The fourth-order valence-electron chi connectivity index (χ4n) is 2.99. The van der Waals surface area contributed by atoms with E-state index in [2.05, 4.69) is 15.5 Å². The molecule has 1 atom stereocenters. The second-order valence-electron chi connectivity index (χ2n) is 7.03. The number of anilines is 1. The van der Waals surface area contributed by atoms with E-state index in [1.807, 2.05) is 31.2 Å². The summed E-state index contributed by atoms with van der Waals surface area (Å²) in [7, 11) is -2.20. The molecule has 1 amide bonds. The van der Waals surface area contributed by atoms with Gasteiger partial charge in [-0.1, -0.05) is 35.0 Å². The van der Waals surface area contributed by atoms with Crippen molar-refractivity contribution in [2.24, 2.45) is 0 Å². The monoisotopic (exact) mass is 444 g/mol. The molecule has 2 aromatic carbocycles. The summed E-state index contributed by atoms with van der Waals surface area (Å²) >= 11 is 0. The quantitative estimate of drug-likeness (QED) is 0.568. The number of benzene rings is 2. The van der Waals surface area contributed by atoms with E-state index in [1.54, 1.807) is 24.3 Å². The number of nitrogens with zero attached hydrogens (tertiary/aromatic N) is 3. The van der Waals surface area contributed by atoms with Gasteiger partial charge in [0.25, 0.3) is 0 Å². The van der Waals surface area contributed by atoms with Gasteiger partial charge in [0.2, 0.25) is 27.6 Å². The number of sulfonamides is 1. The number of hydrogen-bond donors (Lipinski definition) is 1. The van der Waals surface area contributed by atoms with Crippen molar-refractivity contribution in [3.63, 3.8) is 0 Å². The largest absolute Gasteiger partial charge is 0.497 e. The van der Waals surface area contributed by atoms with Crippen LogP contribution in [0.2, 0.25) is 0 Å². The Bertz CT molecular complexity index is 1140. The molecule has 164 valence electrons. The summed E-state index contributed by atoms with van der Waals surface area (Å²) in [6, 6.07) is 13.1. The van der Waals surface area contributed by atoms with Gasteiger partial charge < -0.3 is 14.6 Å². The van der Waals surface area contributed by atoms with Crippen LogP contribution >= 0.6 is 0 Å². The predicted octanol–water partition coefficient (Wildman–Crippen LogP) is 2.52. The zero-order valence-corrected chi connectivity index (χ0v) is 18.5. The molecular formula is C21H24N4O5S. The smallest absolute Gasteiger partial charge is 0.246 e. The van der Waals surface area contributed by atoms with Crippen LogP contribution < -0.4 is 14.4 Å². The number of hydrogen-bond acceptors (Lipinski definition) is 7. The molecule has 1 N–H and O–H groups in total. The number of ether oxygens (including phenoxy) is 1. The van der Waals surface area contributed by atoms with Gasteiger partial charge in [0.1, 0.15) is 11.8 Å². The van der Waals surface area contributed by atoms with Crippen molar-refractivity contribution in [3.8, 4) is 17.1 Å². The zero-order valence-electron chi connectivity index (χ0n) is 17.7. The Morgan fingerprint density at radius 3 is 2.39 bits per heavy atom. The first kappa shape index (κ1) is 22.3. The fraction of sp³-hybridized carbons (Fsp3) is 0.286. The SMILES string of the molecule is COc1ccc(N(C(C)C(=O)NCc2nc(-c3ccc(C)cc3)no2)S(C)(=O)=O)cc1. The van der Waals surface area contributed by atoms with Crippen LogP contribution in [-0.4, -0.2) is 43.9 Å². The van der Waals surface area contributed by atoms with Crippen LogP contribution in [-0.2, 0) is 21.4 Å². The van der Waals surface area contributed by atoms with Crippen LogP contribution in [0.25, 0.3) is 11.4 Å². The maximum absolute atomic E-state index is 12.7. The van der Waals surface area contributed by atoms with Crippen molar-refractivity contribution >= 4 is 21.6 Å². The number of nitrogens with one attached hydrogen (secondary N) is 1. The van der Waals surface area contributed by atoms with Crippen molar-refractivity contribution in [2.45, 2.75) is 26.4 Å². The molecule has 0 saturated heterocycles. The Balaban J connectivity index is 1.70. The third-order valence-corrected chi connectivity index (χ3v) is 5.85. The maximum Gasteiger partial charge on any atom is 0.246 e. The van der Waals surface area contributed by atoms with E-state index in [4.69, 9.17) is 9.26 Å². The number of aromatic nitrogens is 2. The minimum atomic E-state index is -3.72. The number of carbonyl (C=O) groups is 1. The Morgan fingerprint density at radius 2 is 1.81 bits per heavy atom. The van der Waals surface area contributed by atoms with E-state index in [0.29, 0.717) is 17.3 Å². The van der Waals surface area contributed by atoms with Crippen LogP contribution in [0.1, 0.15) is 18.4 Å². The number of amides is 1. The van der Waals surface area contributed by atoms with Gasteiger partial charge in [0, 0.05) is 5.56 Å². The molecule has 0 aliphatic rings. The Labute approximate surface area is 181 Å². The molecule has 0 aliphatic carbocycles. The standard InChI is InChI=1S/C21H24N4O5S/c1-14-5-7-16(8-6-14)20-23-19(30-24-20)13-22-21(26)15(2)25(31(4,27)28)17-9-11-18(29-3)12-10-17/h5-12,15H,13H2,1-4H3,(H,22,26). The summed E-state index contributed by atoms with van der Waals surface area (Å²) in [5.74, 6) is 0.700. The van der Waals surface area contributed by atoms with E-state index >= 15 is 0 Å². The highest BCUT2D eigenvalue weighted by Gasteiger charge is 2.29. The average molecular weight is 445 g/mol. The van der Waals surface area contributed by atoms with E-state index in [9.17, 15) is 13.2 Å². The lowest BCUT2D eigenvalue weighted by Crippen LogP contribution is -2.47. The fourth-order valence-corrected chi connectivity index (χ4v) is 4.17. The lowest BCUT2D eigenvalue weighted by Gasteiger charge is -2.28. The topological polar surface area (TPSA) is 115 Å². The molecule has 0 spiro atoms. The molecule has 3 aromatic rings. The predicted molar refractivity (Wildman–Crippen MR) is 116 cm³/mol. The first-order valence-electron chi connectivity index (χ1n) is 9.50. The summed E-state index contributed by atoms with van der Waals surface area (Å²) in [4.78, 5) is 17.0. The van der Waals surface area contributed by atoms with Crippen LogP contribution in [0.5, 0.6) is 5.75 Å². The lowest BCUT2D eigenvalue weighted by atomic mass is 10.1. The van der Waals surface area contributed by atoms with Crippen molar-refractivity contribution in [3.05, 3.63) is 60.0 Å². The first-order valence-corrected chi connectivity index (χ1v) is 11.3. The Hall–Kier alpha value is -3.40. The number of methoxy groups -OCH3 is 1. The van der Waals surface area contributed by atoms with Gasteiger partial charge in [0.05, 0.1) is 25.6 Å². The highest BCUT2D eigenvalue weighted by atomic mass is 32.2. The maximum atomic E-state index is 12.7. The van der Waals surface area contributed by atoms with E-state index < -0.39 is 22.0 Å². The van der Waals surface area contributed by atoms with Gasteiger partial charge in [-0.15, -0.1) is 0 Å². The first-order chi connectivity index (χ1) is 14.7. The molecule has 0 fully saturated rings. The van der Waals surface area contributed by atoms with Gasteiger partial charge >= 0.3 is 0 Å². The highest BCUT2D eigenvalue weighted by Crippen LogP contribution is 2.24. The van der Waals surface area contributed by atoms with Gasteiger partial charge in [-0.3, -0.25) is 9.10 Å². The third-order valence-electron chi connectivity index (χ3n) is 4.61. The van der Waals surface area contributed by atoms with E-state index in [0.717, 1.165) is 21.7 Å². The molecular weight excluding hydrogens is 420 g/mol. The van der Waals surface area contributed by atoms with Crippen LogP contribution in [0, 0.1) is 6.92 Å². The van der Waals surface area contributed by atoms with Crippen molar-refractivity contribution < 1.29 is 22.5 Å². The zero-order chi connectivity index (χ0) is 22.6. The summed E-state index contributed by atoms with van der Waals surface area (Å²) in [5.41, 5.74) is 2.26. The second-order valence-corrected chi connectivity index (χ2v) is 8.89. The number of aryl methyl sites for hydroxylation is 1. The minimum absolute atomic E-state index is 0.0255. The van der Waals surface area contributed by atoms with Crippen molar-refractivity contribution in [1.29, 1.82) is 0 Å². The van der Waals surface area contributed by atoms with E-state index in [1.165, 1.54) is 14.0 Å². The number of carbonyl (C=O) groups excluding carboxylic acids is 1. The molecule has 0 saturated carbocycles. The molecule has 0 radical (unpaired) electrons. The minimum Gasteiger partial charge on any atom is -0.497 e. The molecule has 1 heterocycles. The van der Waals surface area contributed by atoms with Crippen LogP contribution in [0.15, 0.2) is 53.1 Å². The second kappa shape index (κ2) is 9.17. The summed E-state index contributed by atoms with van der Waals surface area (Å²) in [6.45, 7) is 3.46.